The number of aliphatic imine (C=N–C) groups is 1. The van der Waals surface area contributed by atoms with Gasteiger partial charge in [-0.2, -0.15) is 0 Å². The number of rotatable bonds is 7. The van der Waals surface area contributed by atoms with E-state index in [4.69, 9.17) is 4.74 Å². The number of nitrogens with zero attached hydrogens (tertiary/aromatic N) is 2. The molecule has 0 atom stereocenters. The predicted molar refractivity (Wildman–Crippen MR) is 101 cm³/mol. The lowest BCUT2D eigenvalue weighted by Gasteiger charge is -2.12. The zero-order valence-corrected chi connectivity index (χ0v) is 15.7. The number of aryl methyl sites for hydroxylation is 2. The van der Waals surface area contributed by atoms with Gasteiger partial charge in [-0.05, 0) is 38.0 Å². The number of ether oxygens (including phenoxy) is 1. The number of thiazole rings is 1. The van der Waals surface area contributed by atoms with E-state index >= 15 is 0 Å². The smallest absolute Gasteiger partial charge is 0.191 e. The number of benzene rings is 1. The number of guanidine groups is 1. The Morgan fingerprint density at radius 3 is 2.71 bits per heavy atom. The van der Waals surface area contributed by atoms with E-state index in [-0.39, 0.29) is 0 Å². The molecule has 5 nitrogen and oxygen atoms in total. The second kappa shape index (κ2) is 9.27. The molecule has 0 bridgehead atoms. The molecule has 1 aromatic heterocycles. The maximum absolute atomic E-state index is 5.67. The second-order valence-electron chi connectivity index (χ2n) is 5.52. The van der Waals surface area contributed by atoms with Crippen molar-refractivity contribution in [2.24, 2.45) is 4.99 Å². The Morgan fingerprint density at radius 2 is 2.04 bits per heavy atom. The summed E-state index contributed by atoms with van der Waals surface area (Å²) in [7, 11) is 1.78. The van der Waals surface area contributed by atoms with E-state index in [1.54, 1.807) is 18.4 Å². The molecule has 2 N–H and O–H groups in total. The van der Waals surface area contributed by atoms with Crippen LogP contribution in [0.15, 0.2) is 29.3 Å². The van der Waals surface area contributed by atoms with Crippen LogP contribution in [-0.4, -0.2) is 24.6 Å². The van der Waals surface area contributed by atoms with Crippen LogP contribution in [0.5, 0.6) is 5.75 Å². The highest BCUT2D eigenvalue weighted by atomic mass is 32.1. The van der Waals surface area contributed by atoms with Crippen LogP contribution in [0, 0.1) is 13.8 Å². The zero-order valence-electron chi connectivity index (χ0n) is 14.8. The molecule has 0 aliphatic rings. The fourth-order valence-electron chi connectivity index (χ4n) is 2.27. The Balaban J connectivity index is 1.86. The van der Waals surface area contributed by atoms with Crippen LogP contribution in [0.1, 0.15) is 34.5 Å². The van der Waals surface area contributed by atoms with Crippen LogP contribution in [-0.2, 0) is 13.1 Å². The van der Waals surface area contributed by atoms with Gasteiger partial charge in [0.1, 0.15) is 5.75 Å². The summed E-state index contributed by atoms with van der Waals surface area (Å²) < 4.78 is 5.67. The lowest BCUT2D eigenvalue weighted by molar-refractivity contribution is 0.317. The van der Waals surface area contributed by atoms with E-state index in [2.05, 4.69) is 39.7 Å². The topological polar surface area (TPSA) is 58.5 Å². The number of aromatic nitrogens is 1. The summed E-state index contributed by atoms with van der Waals surface area (Å²) in [6.45, 7) is 8.35. The summed E-state index contributed by atoms with van der Waals surface area (Å²) in [6, 6.07) is 8.14. The molecule has 0 amide bonds. The van der Waals surface area contributed by atoms with Gasteiger partial charge in [0, 0.05) is 18.5 Å². The molecule has 0 saturated heterocycles. The third kappa shape index (κ3) is 5.53. The summed E-state index contributed by atoms with van der Waals surface area (Å²) in [5, 5.41) is 7.76. The van der Waals surface area contributed by atoms with Crippen molar-refractivity contribution >= 4 is 17.3 Å². The third-order valence-electron chi connectivity index (χ3n) is 3.47. The van der Waals surface area contributed by atoms with Crippen molar-refractivity contribution in [3.05, 3.63) is 45.4 Å². The van der Waals surface area contributed by atoms with Crippen molar-refractivity contribution in [1.29, 1.82) is 0 Å². The van der Waals surface area contributed by atoms with Crippen molar-refractivity contribution in [3.63, 3.8) is 0 Å². The fraction of sp³-hybridized carbons (Fsp3) is 0.444. The van der Waals surface area contributed by atoms with Gasteiger partial charge >= 0.3 is 0 Å². The summed E-state index contributed by atoms with van der Waals surface area (Å²) in [5.41, 5.74) is 2.25. The minimum absolute atomic E-state index is 0.698. The van der Waals surface area contributed by atoms with Crippen LogP contribution >= 0.6 is 11.3 Å². The minimum atomic E-state index is 0.698. The van der Waals surface area contributed by atoms with Gasteiger partial charge in [-0.15, -0.1) is 11.3 Å². The summed E-state index contributed by atoms with van der Waals surface area (Å²) in [4.78, 5) is 9.96. The van der Waals surface area contributed by atoms with Gasteiger partial charge in [0.2, 0.25) is 0 Å². The molecule has 24 heavy (non-hydrogen) atoms. The van der Waals surface area contributed by atoms with Crippen molar-refractivity contribution < 1.29 is 4.74 Å². The maximum Gasteiger partial charge on any atom is 0.191 e. The van der Waals surface area contributed by atoms with E-state index in [0.29, 0.717) is 6.54 Å². The van der Waals surface area contributed by atoms with Crippen LogP contribution in [0.3, 0.4) is 0 Å². The Morgan fingerprint density at radius 1 is 1.25 bits per heavy atom. The van der Waals surface area contributed by atoms with E-state index in [0.717, 1.165) is 47.5 Å². The Hall–Kier alpha value is -2.08. The molecular formula is C18H26N4OS. The Bertz CT molecular complexity index is 681. The highest BCUT2D eigenvalue weighted by Gasteiger charge is 2.06. The lowest BCUT2D eigenvalue weighted by Crippen LogP contribution is -2.36. The van der Waals surface area contributed by atoms with Gasteiger partial charge < -0.3 is 15.4 Å². The molecule has 1 heterocycles. The van der Waals surface area contributed by atoms with Gasteiger partial charge in [-0.25, -0.2) is 4.98 Å². The van der Waals surface area contributed by atoms with Crippen LogP contribution in [0.25, 0.3) is 0 Å². The average Bonchev–Trinajstić information content (AvgIpc) is 2.91. The third-order valence-corrected chi connectivity index (χ3v) is 4.54. The van der Waals surface area contributed by atoms with Crippen molar-refractivity contribution in [1.82, 2.24) is 15.6 Å². The molecule has 2 rings (SSSR count). The molecule has 1 aromatic carbocycles. The Labute approximate surface area is 148 Å². The standard InChI is InChI=1S/C18H26N4OS/c1-5-9-23-16-8-6-7-15(10-16)11-20-18(19-4)21-12-17-13(2)22-14(3)24-17/h6-8,10H,5,9,11-12H2,1-4H3,(H2,19,20,21). The normalized spacial score (nSPS) is 11.4. The van der Waals surface area contributed by atoms with Crippen LogP contribution < -0.4 is 15.4 Å². The van der Waals surface area contributed by atoms with Crippen molar-refractivity contribution in [2.75, 3.05) is 13.7 Å². The summed E-state index contributed by atoms with van der Waals surface area (Å²) in [6.07, 6.45) is 1.01. The number of nitrogens with one attached hydrogen (secondary N) is 2. The average molecular weight is 347 g/mol. The molecule has 130 valence electrons. The monoisotopic (exact) mass is 346 g/mol. The summed E-state index contributed by atoms with van der Waals surface area (Å²) in [5.74, 6) is 1.69. The molecule has 0 saturated carbocycles. The van der Waals surface area contributed by atoms with E-state index in [9.17, 15) is 0 Å². The number of hydrogen-bond donors (Lipinski definition) is 2. The first-order valence-corrected chi connectivity index (χ1v) is 9.03. The first-order valence-electron chi connectivity index (χ1n) is 8.21. The molecule has 6 heteroatoms. The Kier molecular flexibility index (Phi) is 7.06. The lowest BCUT2D eigenvalue weighted by atomic mass is 10.2. The first-order chi connectivity index (χ1) is 11.6. The maximum atomic E-state index is 5.67. The molecule has 0 aliphatic heterocycles. The molecule has 0 aliphatic carbocycles. The SMILES string of the molecule is CCCOc1cccc(CNC(=NC)NCc2sc(C)nc2C)c1. The first kappa shape index (κ1) is 18.3. The second-order valence-corrected chi connectivity index (χ2v) is 6.80. The summed E-state index contributed by atoms with van der Waals surface area (Å²) >= 11 is 1.72. The molecule has 0 unspecified atom stereocenters. The fourth-order valence-corrected chi connectivity index (χ4v) is 3.15. The molecular weight excluding hydrogens is 320 g/mol. The minimum Gasteiger partial charge on any atom is -0.494 e. The molecule has 0 fully saturated rings. The van der Waals surface area contributed by atoms with Gasteiger partial charge in [-0.3, -0.25) is 4.99 Å². The van der Waals surface area contributed by atoms with Crippen LogP contribution in [0.4, 0.5) is 0 Å². The van der Waals surface area contributed by atoms with Gasteiger partial charge in [0.25, 0.3) is 0 Å². The zero-order chi connectivity index (χ0) is 17.4. The van der Waals surface area contributed by atoms with Gasteiger partial charge in [-0.1, -0.05) is 19.1 Å². The van der Waals surface area contributed by atoms with Crippen LogP contribution in [0.2, 0.25) is 0 Å². The predicted octanol–water partition coefficient (Wildman–Crippen LogP) is 3.41. The molecule has 0 radical (unpaired) electrons. The van der Waals surface area contributed by atoms with E-state index in [1.165, 1.54) is 4.88 Å². The quantitative estimate of drug-likeness (QED) is 0.596. The highest BCUT2D eigenvalue weighted by molar-refractivity contribution is 7.11. The van der Waals surface area contributed by atoms with Crippen molar-refractivity contribution in [2.45, 2.75) is 40.3 Å². The van der Waals surface area contributed by atoms with E-state index in [1.807, 2.05) is 26.0 Å². The number of hydrogen-bond acceptors (Lipinski definition) is 4. The highest BCUT2D eigenvalue weighted by Crippen LogP contribution is 2.16. The molecule has 0 spiro atoms. The largest absolute Gasteiger partial charge is 0.494 e. The van der Waals surface area contributed by atoms with Crippen molar-refractivity contribution in [3.8, 4) is 5.75 Å². The van der Waals surface area contributed by atoms with Gasteiger partial charge in [0.15, 0.2) is 5.96 Å². The molecule has 2 aromatic rings. The van der Waals surface area contributed by atoms with Gasteiger partial charge in [0.05, 0.1) is 23.9 Å². The van der Waals surface area contributed by atoms with E-state index < -0.39 is 0 Å².